The van der Waals surface area contributed by atoms with Crippen LogP contribution in [0.25, 0.3) is 5.69 Å². The summed E-state index contributed by atoms with van der Waals surface area (Å²) in [4.78, 5) is 28.5. The molecule has 120 valence electrons. The molecule has 1 aromatic heterocycles. The minimum atomic E-state index is -0.688. The van der Waals surface area contributed by atoms with Crippen molar-refractivity contribution in [1.29, 1.82) is 0 Å². The van der Waals surface area contributed by atoms with Gasteiger partial charge in [-0.05, 0) is 22.1 Å². The van der Waals surface area contributed by atoms with Crippen molar-refractivity contribution in [3.05, 3.63) is 40.4 Å². The van der Waals surface area contributed by atoms with Crippen molar-refractivity contribution in [2.75, 3.05) is 25.2 Å². The molecule has 0 spiro atoms. The molecule has 1 aliphatic rings. The zero-order chi connectivity index (χ0) is 16.2. The van der Waals surface area contributed by atoms with Gasteiger partial charge in [0.15, 0.2) is 0 Å². The van der Waals surface area contributed by atoms with Gasteiger partial charge in [0.1, 0.15) is 10.1 Å². The Morgan fingerprint density at radius 1 is 1.48 bits per heavy atom. The van der Waals surface area contributed by atoms with Crippen LogP contribution in [-0.2, 0) is 0 Å². The number of ketones is 1. The number of aromatic amines is 1. The van der Waals surface area contributed by atoms with Gasteiger partial charge in [-0.25, -0.2) is 4.79 Å². The van der Waals surface area contributed by atoms with E-state index in [9.17, 15) is 9.59 Å². The number of carbonyl (C=O) groups is 1. The van der Waals surface area contributed by atoms with E-state index in [0.29, 0.717) is 11.4 Å². The van der Waals surface area contributed by atoms with Crippen LogP contribution in [0.15, 0.2) is 38.6 Å². The Bertz CT molecular complexity index is 795. The summed E-state index contributed by atoms with van der Waals surface area (Å²) < 4.78 is 12.1. The Kier molecular flexibility index (Phi) is 4.87. The van der Waals surface area contributed by atoms with Gasteiger partial charge in [-0.15, -0.1) is 0 Å². The molecule has 0 saturated carbocycles. The summed E-state index contributed by atoms with van der Waals surface area (Å²) in [6.45, 7) is 0.777. The van der Waals surface area contributed by atoms with Crippen LogP contribution in [0, 0.1) is 0 Å². The SMILES string of the molecule is COc1ccc(-[n+]2[nH]oc(=O)c2C(=O)CSC2=NCCS2)cc1. The Morgan fingerprint density at radius 2 is 2.26 bits per heavy atom. The van der Waals surface area contributed by atoms with Crippen LogP contribution < -0.4 is 15.0 Å². The minimum Gasteiger partial charge on any atom is -0.497 e. The fraction of sp³-hybridized carbons (Fsp3) is 0.286. The number of Topliss-reactive ketones (excluding diaryl/α,β-unsaturated/α-hetero) is 1. The second kappa shape index (κ2) is 7.05. The monoisotopic (exact) mass is 352 g/mol. The summed E-state index contributed by atoms with van der Waals surface area (Å²) in [6.07, 6.45) is 0. The van der Waals surface area contributed by atoms with Crippen LogP contribution in [0.5, 0.6) is 5.75 Å². The highest BCUT2D eigenvalue weighted by atomic mass is 32.2. The van der Waals surface area contributed by atoms with Crippen molar-refractivity contribution in [2.45, 2.75) is 0 Å². The maximum absolute atomic E-state index is 12.4. The number of hydrogen-bond donors (Lipinski definition) is 1. The molecule has 1 aliphatic heterocycles. The molecular weight excluding hydrogens is 338 g/mol. The number of aromatic nitrogens is 2. The molecule has 1 N–H and O–H groups in total. The summed E-state index contributed by atoms with van der Waals surface area (Å²) >= 11 is 2.97. The zero-order valence-corrected chi connectivity index (χ0v) is 13.9. The molecule has 0 fully saturated rings. The highest BCUT2D eigenvalue weighted by molar-refractivity contribution is 8.39. The normalized spacial score (nSPS) is 13.9. The van der Waals surface area contributed by atoms with E-state index in [2.05, 4.69) is 10.3 Å². The van der Waals surface area contributed by atoms with Crippen LogP contribution in [0.1, 0.15) is 10.5 Å². The molecule has 0 radical (unpaired) electrons. The number of rotatable bonds is 5. The maximum atomic E-state index is 12.4. The molecule has 0 aliphatic carbocycles. The number of H-pyrrole nitrogens is 1. The van der Waals surface area contributed by atoms with Gasteiger partial charge in [-0.3, -0.25) is 14.3 Å². The fourth-order valence-corrected chi connectivity index (χ4v) is 3.90. The van der Waals surface area contributed by atoms with E-state index in [-0.39, 0.29) is 17.2 Å². The third-order valence-electron chi connectivity index (χ3n) is 3.13. The van der Waals surface area contributed by atoms with E-state index in [1.165, 1.54) is 16.4 Å². The van der Waals surface area contributed by atoms with E-state index in [1.54, 1.807) is 43.1 Å². The second-order valence-corrected chi connectivity index (χ2v) is 6.88. The van der Waals surface area contributed by atoms with Crippen LogP contribution in [-0.4, -0.2) is 40.6 Å². The average Bonchev–Trinajstić information content (AvgIpc) is 3.22. The minimum absolute atomic E-state index is 0.0359. The number of thioether (sulfide) groups is 2. The first-order chi connectivity index (χ1) is 11.2. The molecule has 0 saturated heterocycles. The fourth-order valence-electron chi connectivity index (χ4n) is 2.02. The lowest BCUT2D eigenvalue weighted by atomic mass is 10.2. The van der Waals surface area contributed by atoms with Gasteiger partial charge in [-0.1, -0.05) is 23.5 Å². The predicted molar refractivity (Wildman–Crippen MR) is 89.0 cm³/mol. The van der Waals surface area contributed by atoms with Crippen LogP contribution >= 0.6 is 23.5 Å². The molecule has 7 nitrogen and oxygen atoms in total. The van der Waals surface area contributed by atoms with E-state index < -0.39 is 5.63 Å². The highest BCUT2D eigenvalue weighted by Gasteiger charge is 2.30. The number of ether oxygens (including phenoxy) is 1. The molecule has 2 aromatic rings. The topological polar surface area (TPSA) is 88.5 Å². The zero-order valence-electron chi connectivity index (χ0n) is 12.3. The summed E-state index contributed by atoms with van der Waals surface area (Å²) in [5.41, 5.74) is -0.115. The van der Waals surface area contributed by atoms with Gasteiger partial charge in [0.05, 0.1) is 19.4 Å². The Hall–Kier alpha value is -2.00. The largest absolute Gasteiger partial charge is 0.497 e. The molecule has 0 bridgehead atoms. The first-order valence-corrected chi connectivity index (χ1v) is 8.77. The molecule has 23 heavy (non-hydrogen) atoms. The quantitative estimate of drug-likeness (QED) is 0.644. The number of methoxy groups -OCH3 is 1. The lowest BCUT2D eigenvalue weighted by Crippen LogP contribution is -2.41. The molecule has 0 unspecified atom stereocenters. The van der Waals surface area contributed by atoms with Crippen LogP contribution in [0.2, 0.25) is 0 Å². The molecular formula is C14H14N3O4S2+. The smallest absolute Gasteiger partial charge is 0.438 e. The van der Waals surface area contributed by atoms with E-state index in [1.807, 2.05) is 0 Å². The van der Waals surface area contributed by atoms with Crippen molar-refractivity contribution in [2.24, 2.45) is 4.99 Å². The van der Waals surface area contributed by atoms with Gasteiger partial charge in [0.25, 0.3) is 0 Å². The van der Waals surface area contributed by atoms with Gasteiger partial charge in [0.2, 0.25) is 11.5 Å². The van der Waals surface area contributed by atoms with Crippen molar-refractivity contribution >= 4 is 33.7 Å². The number of benzene rings is 1. The third-order valence-corrected chi connectivity index (χ3v) is 5.38. The van der Waals surface area contributed by atoms with E-state index >= 15 is 0 Å². The average molecular weight is 352 g/mol. The van der Waals surface area contributed by atoms with Crippen LogP contribution in [0.3, 0.4) is 0 Å². The lowest BCUT2D eigenvalue weighted by Gasteiger charge is -1.98. The standard InChI is InChI=1S/C14H13N3O4S2/c1-20-10-4-2-9(3-5-10)17-12(13(19)21-16-17)11(18)8-23-14-15-6-7-22-14/h2-5H,6-8H2,1H3/p+1. The summed E-state index contributed by atoms with van der Waals surface area (Å²) in [5.74, 6) is 1.45. The molecule has 9 heteroatoms. The van der Waals surface area contributed by atoms with E-state index in [4.69, 9.17) is 9.26 Å². The summed E-state index contributed by atoms with van der Waals surface area (Å²) in [5, 5.41) is 2.46. The first-order valence-electron chi connectivity index (χ1n) is 6.80. The van der Waals surface area contributed by atoms with Gasteiger partial charge >= 0.3 is 11.3 Å². The summed E-state index contributed by atoms with van der Waals surface area (Å²) in [7, 11) is 1.57. The highest BCUT2D eigenvalue weighted by Crippen LogP contribution is 2.22. The number of aliphatic imine (C=N–C) groups is 1. The Balaban J connectivity index is 1.82. The molecule has 2 heterocycles. The Morgan fingerprint density at radius 3 is 2.91 bits per heavy atom. The number of nitrogens with zero attached hydrogens (tertiary/aromatic N) is 2. The molecule has 0 amide bonds. The van der Waals surface area contributed by atoms with Crippen molar-refractivity contribution < 1.29 is 18.7 Å². The van der Waals surface area contributed by atoms with E-state index in [0.717, 1.165) is 16.7 Å². The van der Waals surface area contributed by atoms with Gasteiger partial charge in [-0.2, -0.15) is 0 Å². The maximum Gasteiger partial charge on any atom is 0.438 e. The summed E-state index contributed by atoms with van der Waals surface area (Å²) in [6, 6.07) is 6.93. The third kappa shape index (κ3) is 3.50. The Labute approximate surface area is 140 Å². The van der Waals surface area contributed by atoms with Crippen molar-refractivity contribution in [3.63, 3.8) is 0 Å². The van der Waals surface area contributed by atoms with Gasteiger partial charge in [0, 0.05) is 17.9 Å². The van der Waals surface area contributed by atoms with Gasteiger partial charge < -0.3 is 4.74 Å². The molecule has 0 atom stereocenters. The predicted octanol–water partition coefficient (Wildman–Crippen LogP) is 1.27. The lowest BCUT2D eigenvalue weighted by molar-refractivity contribution is -0.672. The van der Waals surface area contributed by atoms with Crippen molar-refractivity contribution in [1.82, 2.24) is 5.27 Å². The number of nitrogens with one attached hydrogen (secondary N) is 1. The molecule has 3 rings (SSSR count). The van der Waals surface area contributed by atoms with Crippen LogP contribution in [0.4, 0.5) is 0 Å². The number of carbonyl (C=O) groups excluding carboxylic acids is 1. The number of hydrogen-bond acceptors (Lipinski definition) is 7. The molecule has 1 aromatic carbocycles. The second-order valence-electron chi connectivity index (χ2n) is 4.57. The first kappa shape index (κ1) is 15.9. The van der Waals surface area contributed by atoms with Crippen molar-refractivity contribution in [3.8, 4) is 11.4 Å².